The van der Waals surface area contributed by atoms with Gasteiger partial charge in [0.2, 0.25) is 0 Å². The second kappa shape index (κ2) is 9.95. The normalized spacial score (nSPS) is 14.0. The van der Waals surface area contributed by atoms with E-state index in [1.807, 2.05) is 48.7 Å². The predicted molar refractivity (Wildman–Crippen MR) is 114 cm³/mol. The minimum atomic E-state index is -0.514. The first kappa shape index (κ1) is 20.0. The summed E-state index contributed by atoms with van der Waals surface area (Å²) in [6.45, 7) is 0.941. The molecule has 1 heterocycles. The number of nitrogens with zero attached hydrogens (tertiary/aromatic N) is 1. The maximum absolute atomic E-state index is 12.3. The molecule has 2 aromatic rings. The third-order valence-electron chi connectivity index (χ3n) is 4.57. The Morgan fingerprint density at radius 1 is 1.11 bits per heavy atom. The molecule has 3 rings (SSSR count). The molecule has 0 spiro atoms. The molecule has 1 amide bonds. The van der Waals surface area contributed by atoms with Gasteiger partial charge in [-0.3, -0.25) is 4.79 Å². The molecule has 0 saturated carbocycles. The van der Waals surface area contributed by atoms with Crippen molar-refractivity contribution in [1.29, 1.82) is 0 Å². The molecule has 1 aliphatic rings. The fourth-order valence-electron chi connectivity index (χ4n) is 2.96. The highest BCUT2D eigenvalue weighted by Crippen LogP contribution is 2.22. The third kappa shape index (κ3) is 5.60. The Bertz CT molecular complexity index is 872. The monoisotopic (exact) mass is 393 g/mol. The van der Waals surface area contributed by atoms with E-state index in [4.69, 9.17) is 4.74 Å². The molecule has 2 aromatic carbocycles. The molecule has 0 unspecified atom stereocenters. The van der Waals surface area contributed by atoms with Crippen LogP contribution in [0.5, 0.6) is 0 Å². The Hall–Kier alpha value is -2.79. The summed E-state index contributed by atoms with van der Waals surface area (Å²) in [6.07, 6.45) is 7.92. The highest BCUT2D eigenvalue weighted by molar-refractivity contribution is 7.98. The lowest BCUT2D eigenvalue weighted by Crippen LogP contribution is -2.37. The summed E-state index contributed by atoms with van der Waals surface area (Å²) in [7, 11) is 0. The molecule has 0 aromatic heterocycles. The van der Waals surface area contributed by atoms with Gasteiger partial charge in [-0.25, -0.2) is 4.79 Å². The fraction of sp³-hybridized carbons (Fsp3) is 0.217. The number of hydrogen-bond donors (Lipinski definition) is 0. The first-order chi connectivity index (χ1) is 13.7. The fourth-order valence-corrected chi connectivity index (χ4v) is 3.37. The lowest BCUT2D eigenvalue weighted by Gasteiger charge is -2.26. The van der Waals surface area contributed by atoms with Gasteiger partial charge in [0.15, 0.2) is 6.61 Å². The zero-order chi connectivity index (χ0) is 19.8. The molecule has 0 atom stereocenters. The second-order valence-electron chi connectivity index (χ2n) is 6.40. The van der Waals surface area contributed by atoms with Crippen LogP contribution in [0.1, 0.15) is 17.5 Å². The van der Waals surface area contributed by atoms with Crippen LogP contribution in [0.4, 0.5) is 0 Å². The van der Waals surface area contributed by atoms with Gasteiger partial charge in [-0.15, -0.1) is 11.8 Å². The lowest BCUT2D eigenvalue weighted by molar-refractivity contribution is -0.147. The van der Waals surface area contributed by atoms with Gasteiger partial charge < -0.3 is 9.64 Å². The Balaban J connectivity index is 1.45. The van der Waals surface area contributed by atoms with E-state index in [2.05, 4.69) is 18.2 Å². The van der Waals surface area contributed by atoms with E-state index in [-0.39, 0.29) is 12.5 Å². The predicted octanol–water partition coefficient (Wildman–Crippen LogP) is 4.28. The van der Waals surface area contributed by atoms with Crippen molar-refractivity contribution in [3.8, 4) is 0 Å². The SMILES string of the molecule is CSc1ccc(/C=C/C(=O)OCC(=O)N2CC=C(c3ccccc3)CC2)cc1. The van der Waals surface area contributed by atoms with Crippen LogP contribution in [0, 0.1) is 0 Å². The second-order valence-corrected chi connectivity index (χ2v) is 7.28. The van der Waals surface area contributed by atoms with Crippen molar-refractivity contribution < 1.29 is 14.3 Å². The van der Waals surface area contributed by atoms with Gasteiger partial charge in [0.25, 0.3) is 5.91 Å². The highest BCUT2D eigenvalue weighted by atomic mass is 32.2. The standard InChI is InChI=1S/C23H23NO3S/c1-28-21-10-7-18(8-11-21)9-12-23(26)27-17-22(25)24-15-13-20(14-16-24)19-5-3-2-4-6-19/h2-13H,14-17H2,1H3/b12-9+. The average Bonchev–Trinajstić information content (AvgIpc) is 2.77. The summed E-state index contributed by atoms with van der Waals surface area (Å²) in [5.41, 5.74) is 3.35. The lowest BCUT2D eigenvalue weighted by atomic mass is 10.00. The molecule has 4 nitrogen and oxygen atoms in total. The summed E-state index contributed by atoms with van der Waals surface area (Å²) >= 11 is 1.66. The quantitative estimate of drug-likeness (QED) is 0.417. The van der Waals surface area contributed by atoms with Crippen molar-refractivity contribution in [2.75, 3.05) is 26.0 Å². The Morgan fingerprint density at radius 2 is 1.86 bits per heavy atom. The van der Waals surface area contributed by atoms with Crippen LogP contribution >= 0.6 is 11.8 Å². The molecule has 0 saturated heterocycles. The number of amides is 1. The zero-order valence-electron chi connectivity index (χ0n) is 15.8. The van der Waals surface area contributed by atoms with E-state index < -0.39 is 5.97 Å². The molecule has 0 bridgehead atoms. The Labute approximate surface area is 169 Å². The van der Waals surface area contributed by atoms with Crippen LogP contribution in [-0.2, 0) is 14.3 Å². The van der Waals surface area contributed by atoms with Crippen molar-refractivity contribution in [2.24, 2.45) is 0 Å². The Morgan fingerprint density at radius 3 is 2.50 bits per heavy atom. The number of ether oxygens (including phenoxy) is 1. The number of esters is 1. The van der Waals surface area contributed by atoms with Crippen molar-refractivity contribution in [3.63, 3.8) is 0 Å². The van der Waals surface area contributed by atoms with Gasteiger partial charge in [0.1, 0.15) is 0 Å². The maximum atomic E-state index is 12.3. The van der Waals surface area contributed by atoms with Crippen LogP contribution in [0.25, 0.3) is 11.6 Å². The van der Waals surface area contributed by atoms with Crippen molar-refractivity contribution >= 4 is 35.3 Å². The number of hydrogen-bond acceptors (Lipinski definition) is 4. The highest BCUT2D eigenvalue weighted by Gasteiger charge is 2.18. The largest absolute Gasteiger partial charge is 0.452 e. The Kier molecular flexibility index (Phi) is 7.09. The molecule has 0 N–H and O–H groups in total. The molecule has 1 aliphatic heterocycles. The topological polar surface area (TPSA) is 46.6 Å². The molecule has 28 heavy (non-hydrogen) atoms. The van der Waals surface area contributed by atoms with Gasteiger partial charge in [0.05, 0.1) is 0 Å². The molecule has 144 valence electrons. The molecule has 0 radical (unpaired) electrons. The number of thioether (sulfide) groups is 1. The summed E-state index contributed by atoms with van der Waals surface area (Å²) in [5, 5.41) is 0. The van der Waals surface area contributed by atoms with E-state index >= 15 is 0 Å². The van der Waals surface area contributed by atoms with Crippen LogP contribution in [-0.4, -0.2) is 42.7 Å². The zero-order valence-corrected chi connectivity index (χ0v) is 16.7. The summed E-state index contributed by atoms with van der Waals surface area (Å²) in [5.74, 6) is -0.686. The van der Waals surface area contributed by atoms with Crippen LogP contribution in [0.3, 0.4) is 0 Å². The van der Waals surface area contributed by atoms with Gasteiger partial charge >= 0.3 is 5.97 Å². The van der Waals surface area contributed by atoms with Crippen molar-refractivity contribution in [3.05, 3.63) is 77.9 Å². The number of rotatable bonds is 6. The van der Waals surface area contributed by atoms with Gasteiger partial charge in [-0.2, -0.15) is 0 Å². The van der Waals surface area contributed by atoms with Gasteiger partial charge in [-0.05, 0) is 47.6 Å². The number of carbonyl (C=O) groups is 2. The first-order valence-corrected chi connectivity index (χ1v) is 10.4. The molecule has 0 fully saturated rings. The smallest absolute Gasteiger partial charge is 0.331 e. The minimum Gasteiger partial charge on any atom is -0.452 e. The molecular weight excluding hydrogens is 370 g/mol. The van der Waals surface area contributed by atoms with E-state index in [0.29, 0.717) is 13.1 Å². The maximum Gasteiger partial charge on any atom is 0.331 e. The van der Waals surface area contributed by atoms with Gasteiger partial charge in [-0.1, -0.05) is 48.5 Å². The van der Waals surface area contributed by atoms with Crippen LogP contribution in [0.2, 0.25) is 0 Å². The van der Waals surface area contributed by atoms with Crippen molar-refractivity contribution in [1.82, 2.24) is 4.90 Å². The number of benzene rings is 2. The summed E-state index contributed by atoms with van der Waals surface area (Å²) < 4.78 is 5.09. The van der Waals surface area contributed by atoms with E-state index in [1.54, 1.807) is 22.7 Å². The van der Waals surface area contributed by atoms with Crippen LogP contribution < -0.4 is 0 Å². The molecular formula is C23H23NO3S. The van der Waals surface area contributed by atoms with Crippen LogP contribution in [0.15, 0.2) is 71.6 Å². The van der Waals surface area contributed by atoms with E-state index in [9.17, 15) is 9.59 Å². The summed E-state index contributed by atoms with van der Waals surface area (Å²) in [4.78, 5) is 27.0. The van der Waals surface area contributed by atoms with Crippen molar-refractivity contribution in [2.45, 2.75) is 11.3 Å². The average molecular weight is 394 g/mol. The summed E-state index contributed by atoms with van der Waals surface area (Å²) in [6, 6.07) is 18.0. The molecule has 0 aliphatic carbocycles. The number of carbonyl (C=O) groups excluding carboxylic acids is 2. The minimum absolute atomic E-state index is 0.172. The van der Waals surface area contributed by atoms with E-state index in [0.717, 1.165) is 16.9 Å². The molecule has 5 heteroatoms. The first-order valence-electron chi connectivity index (χ1n) is 9.17. The van der Waals surface area contributed by atoms with Gasteiger partial charge in [0, 0.05) is 24.1 Å². The van der Waals surface area contributed by atoms with E-state index in [1.165, 1.54) is 17.2 Å². The third-order valence-corrected chi connectivity index (χ3v) is 5.32.